The molecule has 0 N–H and O–H groups in total. The molecule has 51 heavy (non-hydrogen) atoms. The third kappa shape index (κ3) is 6.23. The Hall–Kier alpha value is -5.86. The lowest BCUT2D eigenvalue weighted by molar-refractivity contribution is 0.542. The third-order valence-corrected chi connectivity index (χ3v) is 10.4. The van der Waals surface area contributed by atoms with Gasteiger partial charge in [0.15, 0.2) is 0 Å². The van der Waals surface area contributed by atoms with Crippen molar-refractivity contribution in [2.45, 2.75) is 39.5 Å². The normalized spacial score (nSPS) is 13.8. The molecule has 0 spiro atoms. The molecule has 6 aromatic rings. The van der Waals surface area contributed by atoms with Crippen LogP contribution >= 0.6 is 0 Å². The first-order valence-corrected chi connectivity index (χ1v) is 18.0. The summed E-state index contributed by atoms with van der Waals surface area (Å²) >= 11 is 0. The van der Waals surface area contributed by atoms with Gasteiger partial charge in [0.1, 0.15) is 0 Å². The zero-order valence-corrected chi connectivity index (χ0v) is 29.9. The zero-order chi connectivity index (χ0) is 34.9. The highest BCUT2D eigenvalue weighted by Gasteiger charge is 2.34. The number of hydrogen-bond acceptors (Lipinski definition) is 2. The van der Waals surface area contributed by atoms with Crippen molar-refractivity contribution >= 4 is 11.4 Å². The maximum absolute atomic E-state index is 2.53. The van der Waals surface area contributed by atoms with Crippen molar-refractivity contribution in [3.8, 4) is 0 Å². The third-order valence-electron chi connectivity index (χ3n) is 10.4. The molecule has 0 saturated heterocycles. The smallest absolute Gasteiger partial charge is 0.0996 e. The molecule has 0 bridgehead atoms. The first-order chi connectivity index (χ1) is 25.0. The molecule has 2 heterocycles. The van der Waals surface area contributed by atoms with Gasteiger partial charge in [-0.1, -0.05) is 163 Å². The van der Waals surface area contributed by atoms with E-state index in [1.807, 2.05) is 0 Å². The molecule has 2 heteroatoms. The van der Waals surface area contributed by atoms with Crippen molar-refractivity contribution in [3.05, 3.63) is 237 Å². The summed E-state index contributed by atoms with van der Waals surface area (Å²) in [7, 11) is 0. The largest absolute Gasteiger partial charge is 0.327 e. The fourth-order valence-corrected chi connectivity index (χ4v) is 8.41. The Bertz CT molecular complexity index is 2060. The highest BCUT2D eigenvalue weighted by atomic mass is 15.4. The van der Waals surface area contributed by atoms with Crippen LogP contribution in [0, 0.1) is 27.7 Å². The highest BCUT2D eigenvalue weighted by molar-refractivity contribution is 5.78. The number of benzene rings is 6. The van der Waals surface area contributed by atoms with Crippen LogP contribution in [0.2, 0.25) is 0 Å². The van der Waals surface area contributed by atoms with Crippen LogP contribution in [0.1, 0.15) is 73.0 Å². The molecule has 0 atom stereocenters. The van der Waals surface area contributed by atoms with Crippen LogP contribution in [0.15, 0.2) is 176 Å². The molecule has 0 saturated carbocycles. The van der Waals surface area contributed by atoms with E-state index in [4.69, 9.17) is 0 Å². The lowest BCUT2D eigenvalue weighted by atomic mass is 9.78. The molecular weight excluding hydrogens is 617 g/mol. The van der Waals surface area contributed by atoms with Gasteiger partial charge in [0.2, 0.25) is 0 Å². The predicted molar refractivity (Wildman–Crippen MR) is 214 cm³/mol. The number of allylic oxidation sites excluding steroid dienone is 3. The summed E-state index contributed by atoms with van der Waals surface area (Å²) < 4.78 is 0. The van der Waals surface area contributed by atoms with Crippen molar-refractivity contribution < 1.29 is 0 Å². The van der Waals surface area contributed by atoms with Crippen molar-refractivity contribution in [1.29, 1.82) is 0 Å². The quantitative estimate of drug-likeness (QED) is 0.150. The van der Waals surface area contributed by atoms with E-state index in [0.29, 0.717) is 6.67 Å². The van der Waals surface area contributed by atoms with Gasteiger partial charge in [-0.15, -0.1) is 0 Å². The van der Waals surface area contributed by atoms with E-state index in [1.165, 1.54) is 78.3 Å². The molecule has 0 unspecified atom stereocenters. The van der Waals surface area contributed by atoms with Crippen LogP contribution < -0.4 is 4.90 Å². The minimum Gasteiger partial charge on any atom is -0.327 e. The Balaban J connectivity index is 1.38. The maximum atomic E-state index is 2.53. The Morgan fingerprint density at radius 1 is 0.510 bits per heavy atom. The van der Waals surface area contributed by atoms with Gasteiger partial charge >= 0.3 is 0 Å². The van der Waals surface area contributed by atoms with Gasteiger partial charge in [-0.2, -0.15) is 0 Å². The Morgan fingerprint density at radius 2 is 0.922 bits per heavy atom. The molecule has 2 aliphatic heterocycles. The minimum absolute atomic E-state index is 0.0383. The molecule has 2 nitrogen and oxygen atoms in total. The Kier molecular flexibility index (Phi) is 8.76. The number of hydrogen-bond donors (Lipinski definition) is 0. The van der Waals surface area contributed by atoms with Crippen molar-refractivity contribution in [2.75, 3.05) is 11.6 Å². The molecule has 8 rings (SSSR count). The molecule has 6 aromatic carbocycles. The van der Waals surface area contributed by atoms with Crippen LogP contribution in [-0.2, 0) is 0 Å². The van der Waals surface area contributed by atoms with Gasteiger partial charge in [-0.05, 0) is 84.4 Å². The SMILES string of the molecule is Cc1cc(C)c(C2=CC=CC3=CN(c4c(C(c5ccccc5)c5ccccc5)cc(C)cc4C(c4ccccc4)c4ccccc4)CN32)c(C)c1. The summed E-state index contributed by atoms with van der Waals surface area (Å²) in [6, 6.07) is 53.6. The molecule has 0 amide bonds. The molecule has 0 aliphatic carbocycles. The van der Waals surface area contributed by atoms with Gasteiger partial charge in [0, 0.05) is 23.6 Å². The van der Waals surface area contributed by atoms with Crippen LogP contribution in [0.5, 0.6) is 0 Å². The van der Waals surface area contributed by atoms with Gasteiger partial charge < -0.3 is 9.80 Å². The fraction of sp³-hybridized carbons (Fsp3) is 0.143. The number of fused-ring (bicyclic) bond motifs is 1. The molecule has 2 aliphatic rings. The van der Waals surface area contributed by atoms with Crippen LogP contribution in [0.25, 0.3) is 5.70 Å². The number of aryl methyl sites for hydroxylation is 4. The summed E-state index contributed by atoms with van der Waals surface area (Å²) in [5, 5.41) is 0. The zero-order valence-electron chi connectivity index (χ0n) is 29.9. The van der Waals surface area contributed by atoms with Crippen molar-refractivity contribution in [2.24, 2.45) is 0 Å². The summed E-state index contributed by atoms with van der Waals surface area (Å²) in [4.78, 5) is 5.03. The topological polar surface area (TPSA) is 6.48 Å². The number of rotatable bonds is 8. The predicted octanol–water partition coefficient (Wildman–Crippen LogP) is 11.8. The average Bonchev–Trinajstić information content (AvgIpc) is 3.58. The van der Waals surface area contributed by atoms with Crippen LogP contribution in [-0.4, -0.2) is 11.6 Å². The average molecular weight is 661 g/mol. The van der Waals surface area contributed by atoms with Gasteiger partial charge in [0.25, 0.3) is 0 Å². The highest BCUT2D eigenvalue weighted by Crippen LogP contribution is 2.48. The van der Waals surface area contributed by atoms with E-state index >= 15 is 0 Å². The lowest BCUT2D eigenvalue weighted by Crippen LogP contribution is -2.29. The Morgan fingerprint density at radius 3 is 1.35 bits per heavy atom. The van der Waals surface area contributed by atoms with E-state index in [2.05, 4.69) is 208 Å². The molecule has 0 radical (unpaired) electrons. The lowest BCUT2D eigenvalue weighted by Gasteiger charge is -2.34. The second kappa shape index (κ2) is 13.8. The summed E-state index contributed by atoms with van der Waals surface area (Å²) in [5.41, 5.74) is 18.0. The van der Waals surface area contributed by atoms with Gasteiger partial charge in [-0.3, -0.25) is 0 Å². The van der Waals surface area contributed by atoms with Crippen molar-refractivity contribution in [3.63, 3.8) is 0 Å². The van der Waals surface area contributed by atoms with E-state index in [1.54, 1.807) is 0 Å². The maximum Gasteiger partial charge on any atom is 0.0996 e. The van der Waals surface area contributed by atoms with Crippen molar-refractivity contribution in [1.82, 2.24) is 4.90 Å². The second-order valence-corrected chi connectivity index (χ2v) is 14.1. The second-order valence-electron chi connectivity index (χ2n) is 14.1. The van der Waals surface area contributed by atoms with Gasteiger partial charge in [0.05, 0.1) is 23.8 Å². The van der Waals surface area contributed by atoms with Gasteiger partial charge in [-0.25, -0.2) is 0 Å². The Labute approximate surface area is 303 Å². The van der Waals surface area contributed by atoms with E-state index in [9.17, 15) is 0 Å². The van der Waals surface area contributed by atoms with Crippen LogP contribution in [0.4, 0.5) is 5.69 Å². The van der Waals surface area contributed by atoms with E-state index in [-0.39, 0.29) is 11.8 Å². The number of nitrogens with zero attached hydrogens (tertiary/aromatic N) is 2. The van der Waals surface area contributed by atoms with E-state index in [0.717, 1.165) is 0 Å². The number of anilines is 1. The molecule has 250 valence electrons. The molecular formula is C49H44N2. The summed E-state index contributed by atoms with van der Waals surface area (Å²) in [5.74, 6) is 0.0767. The fourth-order valence-electron chi connectivity index (χ4n) is 8.41. The van der Waals surface area contributed by atoms with Crippen LogP contribution in [0.3, 0.4) is 0 Å². The standard InChI is InChI=1S/C49H44N2/c1-34-28-36(3)46(37(4)29-34)45-27-17-26-42-32-50(33-51(42)45)49-43(47(38-18-9-5-10-19-38)39-20-11-6-12-21-39)30-35(2)31-44(49)48(40-22-13-7-14-23-40)41-24-15-8-16-25-41/h5-32,47-48H,33H2,1-4H3. The minimum atomic E-state index is 0.0383. The summed E-state index contributed by atoms with van der Waals surface area (Å²) in [6.45, 7) is 9.66. The molecule has 0 aromatic heterocycles. The van der Waals surface area contributed by atoms with E-state index < -0.39 is 0 Å². The first-order valence-electron chi connectivity index (χ1n) is 18.0. The first kappa shape index (κ1) is 32.4. The summed E-state index contributed by atoms with van der Waals surface area (Å²) in [6.07, 6.45) is 9.13. The molecule has 0 fully saturated rings. The monoisotopic (exact) mass is 660 g/mol.